The number of benzene rings is 1. The molecule has 0 aliphatic rings. The molecule has 0 saturated carbocycles. The van der Waals surface area contributed by atoms with Crippen LogP contribution in [0.3, 0.4) is 0 Å². The first-order valence-corrected chi connectivity index (χ1v) is 6.96. The summed E-state index contributed by atoms with van der Waals surface area (Å²) < 4.78 is 1.88. The number of nitrogens with one attached hydrogen (secondary N) is 1. The fourth-order valence-corrected chi connectivity index (χ4v) is 2.24. The van der Waals surface area contributed by atoms with Crippen LogP contribution in [0.1, 0.15) is 25.2 Å². The second-order valence-electron chi connectivity index (χ2n) is 4.68. The maximum absolute atomic E-state index is 6.15. The molecule has 5 heteroatoms. The standard InChI is InChI=1S/C14H19ClN4/c1-3-19-13(16-11-18-19)9-17-14(2,10-15)12-7-5-4-6-8-12/h4-8,11,17H,3,9-10H2,1-2H3. The van der Waals surface area contributed by atoms with Crippen molar-refractivity contribution in [2.75, 3.05) is 5.88 Å². The molecule has 0 fully saturated rings. The predicted molar refractivity (Wildman–Crippen MR) is 77.0 cm³/mol. The molecule has 102 valence electrons. The van der Waals surface area contributed by atoms with E-state index in [1.807, 2.05) is 22.9 Å². The van der Waals surface area contributed by atoms with Crippen molar-refractivity contribution in [1.82, 2.24) is 20.1 Å². The molecule has 19 heavy (non-hydrogen) atoms. The van der Waals surface area contributed by atoms with E-state index in [9.17, 15) is 0 Å². The first kappa shape index (κ1) is 14.0. The fourth-order valence-electron chi connectivity index (χ4n) is 2.00. The van der Waals surface area contributed by atoms with Gasteiger partial charge in [0.25, 0.3) is 0 Å². The average molecular weight is 279 g/mol. The van der Waals surface area contributed by atoms with Gasteiger partial charge in [-0.25, -0.2) is 9.67 Å². The molecule has 0 aliphatic heterocycles. The molecule has 0 bridgehead atoms. The highest BCUT2D eigenvalue weighted by atomic mass is 35.5. The Morgan fingerprint density at radius 3 is 2.68 bits per heavy atom. The summed E-state index contributed by atoms with van der Waals surface area (Å²) >= 11 is 6.15. The van der Waals surface area contributed by atoms with Crippen molar-refractivity contribution < 1.29 is 0 Å². The zero-order valence-electron chi connectivity index (χ0n) is 11.3. The minimum atomic E-state index is -0.270. The van der Waals surface area contributed by atoms with Crippen LogP contribution in [0.2, 0.25) is 0 Å². The molecule has 4 nitrogen and oxygen atoms in total. The third-order valence-electron chi connectivity index (χ3n) is 3.31. The summed E-state index contributed by atoms with van der Waals surface area (Å²) in [5.74, 6) is 1.42. The molecule has 0 amide bonds. The third-order valence-corrected chi connectivity index (χ3v) is 3.84. The number of rotatable bonds is 6. The summed E-state index contributed by atoms with van der Waals surface area (Å²) in [5.41, 5.74) is 0.903. The van der Waals surface area contributed by atoms with E-state index in [0.29, 0.717) is 12.4 Å². The Morgan fingerprint density at radius 1 is 1.32 bits per heavy atom. The summed E-state index contributed by atoms with van der Waals surface area (Å²) in [5, 5.41) is 7.65. The number of hydrogen-bond acceptors (Lipinski definition) is 3. The molecule has 1 aromatic heterocycles. The number of aryl methyl sites for hydroxylation is 1. The Bertz CT molecular complexity index is 511. The molecule has 1 atom stereocenters. The van der Waals surface area contributed by atoms with E-state index in [-0.39, 0.29) is 5.54 Å². The molecule has 2 rings (SSSR count). The normalized spacial score (nSPS) is 14.3. The topological polar surface area (TPSA) is 42.7 Å². The van der Waals surface area contributed by atoms with E-state index < -0.39 is 0 Å². The summed E-state index contributed by atoms with van der Waals surface area (Å²) in [4.78, 5) is 4.26. The highest BCUT2D eigenvalue weighted by Crippen LogP contribution is 2.22. The number of halogens is 1. The van der Waals surface area contributed by atoms with Crippen LogP contribution >= 0.6 is 11.6 Å². The molecule has 0 saturated heterocycles. The summed E-state index contributed by atoms with van der Waals surface area (Å²) in [7, 11) is 0. The van der Waals surface area contributed by atoms with Crippen LogP contribution in [0.15, 0.2) is 36.7 Å². The van der Waals surface area contributed by atoms with Crippen LogP contribution in [-0.2, 0) is 18.6 Å². The Hall–Kier alpha value is -1.39. The lowest BCUT2D eigenvalue weighted by Crippen LogP contribution is -2.41. The summed E-state index contributed by atoms with van der Waals surface area (Å²) in [6.07, 6.45) is 1.58. The fraction of sp³-hybridized carbons (Fsp3) is 0.429. The largest absolute Gasteiger partial charge is 0.299 e. The Morgan fingerprint density at radius 2 is 2.05 bits per heavy atom. The van der Waals surface area contributed by atoms with Gasteiger partial charge in [0, 0.05) is 12.4 Å². The molecular weight excluding hydrogens is 260 g/mol. The van der Waals surface area contributed by atoms with Gasteiger partial charge in [0.05, 0.1) is 12.1 Å². The summed E-state index contributed by atoms with van der Waals surface area (Å²) in [6.45, 7) is 5.62. The highest BCUT2D eigenvalue weighted by Gasteiger charge is 2.25. The molecule has 0 aliphatic carbocycles. The Balaban J connectivity index is 2.11. The molecule has 0 spiro atoms. The van der Waals surface area contributed by atoms with Gasteiger partial charge in [0.15, 0.2) is 0 Å². The van der Waals surface area contributed by atoms with Gasteiger partial charge in [-0.1, -0.05) is 30.3 Å². The van der Waals surface area contributed by atoms with E-state index in [0.717, 1.165) is 12.4 Å². The van der Waals surface area contributed by atoms with E-state index in [2.05, 4.69) is 41.4 Å². The number of alkyl halides is 1. The van der Waals surface area contributed by atoms with Crippen molar-refractivity contribution in [3.8, 4) is 0 Å². The second kappa shape index (κ2) is 6.17. The van der Waals surface area contributed by atoms with E-state index in [4.69, 9.17) is 11.6 Å². The average Bonchev–Trinajstić information content (AvgIpc) is 2.93. The van der Waals surface area contributed by atoms with Gasteiger partial charge in [-0.2, -0.15) is 5.10 Å². The smallest absolute Gasteiger partial charge is 0.140 e. The lowest BCUT2D eigenvalue weighted by atomic mass is 9.94. The molecular formula is C14H19ClN4. The zero-order valence-corrected chi connectivity index (χ0v) is 12.1. The zero-order chi connectivity index (χ0) is 13.7. The van der Waals surface area contributed by atoms with Crippen LogP contribution in [0.25, 0.3) is 0 Å². The first-order chi connectivity index (χ1) is 9.19. The van der Waals surface area contributed by atoms with Crippen molar-refractivity contribution in [2.45, 2.75) is 32.5 Å². The molecule has 1 N–H and O–H groups in total. The molecule has 1 aromatic carbocycles. The van der Waals surface area contributed by atoms with Crippen molar-refractivity contribution in [3.05, 3.63) is 48.0 Å². The van der Waals surface area contributed by atoms with Crippen LogP contribution in [0.5, 0.6) is 0 Å². The lowest BCUT2D eigenvalue weighted by molar-refractivity contribution is 0.393. The number of nitrogens with zero attached hydrogens (tertiary/aromatic N) is 3. The number of hydrogen-bond donors (Lipinski definition) is 1. The van der Waals surface area contributed by atoms with Gasteiger partial charge in [-0.05, 0) is 19.4 Å². The maximum atomic E-state index is 6.15. The summed E-state index contributed by atoms with van der Waals surface area (Å²) in [6, 6.07) is 10.2. The molecule has 1 unspecified atom stereocenters. The van der Waals surface area contributed by atoms with Gasteiger partial charge >= 0.3 is 0 Å². The SMILES string of the molecule is CCn1ncnc1CNC(C)(CCl)c1ccccc1. The minimum Gasteiger partial charge on any atom is -0.299 e. The van der Waals surface area contributed by atoms with Crippen molar-refractivity contribution in [2.24, 2.45) is 0 Å². The van der Waals surface area contributed by atoms with Crippen molar-refractivity contribution in [3.63, 3.8) is 0 Å². The van der Waals surface area contributed by atoms with Gasteiger partial charge < -0.3 is 0 Å². The Kier molecular flexibility index (Phi) is 4.56. The molecule has 2 aromatic rings. The third kappa shape index (κ3) is 3.14. The van der Waals surface area contributed by atoms with E-state index in [1.54, 1.807) is 6.33 Å². The van der Waals surface area contributed by atoms with Crippen LogP contribution in [-0.4, -0.2) is 20.6 Å². The van der Waals surface area contributed by atoms with Gasteiger partial charge in [-0.15, -0.1) is 11.6 Å². The van der Waals surface area contributed by atoms with Gasteiger partial charge in [0.1, 0.15) is 12.2 Å². The number of aromatic nitrogens is 3. The maximum Gasteiger partial charge on any atom is 0.140 e. The van der Waals surface area contributed by atoms with Crippen LogP contribution in [0.4, 0.5) is 0 Å². The van der Waals surface area contributed by atoms with Crippen molar-refractivity contribution in [1.29, 1.82) is 0 Å². The quantitative estimate of drug-likeness (QED) is 0.826. The predicted octanol–water partition coefficient (Wildman–Crippen LogP) is 2.54. The van der Waals surface area contributed by atoms with Gasteiger partial charge in [-0.3, -0.25) is 5.32 Å². The monoisotopic (exact) mass is 278 g/mol. The van der Waals surface area contributed by atoms with Crippen LogP contribution < -0.4 is 5.32 Å². The van der Waals surface area contributed by atoms with Gasteiger partial charge in [0.2, 0.25) is 0 Å². The van der Waals surface area contributed by atoms with Crippen molar-refractivity contribution >= 4 is 11.6 Å². The van der Waals surface area contributed by atoms with E-state index >= 15 is 0 Å². The van der Waals surface area contributed by atoms with E-state index in [1.165, 1.54) is 5.56 Å². The first-order valence-electron chi connectivity index (χ1n) is 6.43. The second-order valence-corrected chi connectivity index (χ2v) is 4.94. The lowest BCUT2D eigenvalue weighted by Gasteiger charge is -2.29. The van der Waals surface area contributed by atoms with Crippen LogP contribution in [0, 0.1) is 0 Å². The Labute approximate surface area is 118 Å². The molecule has 1 heterocycles. The minimum absolute atomic E-state index is 0.270. The highest BCUT2D eigenvalue weighted by molar-refractivity contribution is 6.18. The molecule has 0 radical (unpaired) electrons.